The summed E-state index contributed by atoms with van der Waals surface area (Å²) >= 11 is 0. The quantitative estimate of drug-likeness (QED) is 0.902. The molecule has 108 valence electrons. The number of nitrogens with zero attached hydrogens (tertiary/aromatic N) is 2. The molecular weight excluding hydrogens is 250 g/mol. The fourth-order valence-electron chi connectivity index (χ4n) is 2.45. The van der Waals surface area contributed by atoms with Gasteiger partial charge in [0.25, 0.3) is 0 Å². The summed E-state index contributed by atoms with van der Waals surface area (Å²) in [5.41, 5.74) is 4.47. The summed E-state index contributed by atoms with van der Waals surface area (Å²) in [4.78, 5) is 0. The predicted octanol–water partition coefficient (Wildman–Crippen LogP) is 3.70. The molecular formula is C16H23N3O. The third-order valence-electron chi connectivity index (χ3n) is 3.46. The van der Waals surface area contributed by atoms with Crippen molar-refractivity contribution in [2.75, 3.05) is 12.4 Å². The van der Waals surface area contributed by atoms with Crippen molar-refractivity contribution in [2.45, 2.75) is 40.3 Å². The molecule has 0 fully saturated rings. The predicted molar refractivity (Wildman–Crippen MR) is 82.4 cm³/mol. The number of aryl methyl sites for hydroxylation is 1. The fourth-order valence-corrected chi connectivity index (χ4v) is 2.45. The van der Waals surface area contributed by atoms with Gasteiger partial charge in [-0.15, -0.1) is 0 Å². The van der Waals surface area contributed by atoms with E-state index in [2.05, 4.69) is 41.9 Å². The maximum absolute atomic E-state index is 5.38. The second kappa shape index (κ2) is 5.99. The molecule has 0 aliphatic carbocycles. The van der Waals surface area contributed by atoms with Crippen LogP contribution < -0.4 is 10.1 Å². The molecule has 2 aromatic rings. The molecule has 0 radical (unpaired) electrons. The van der Waals surface area contributed by atoms with E-state index in [1.165, 1.54) is 5.69 Å². The van der Waals surface area contributed by atoms with E-state index in [0.717, 1.165) is 29.2 Å². The van der Waals surface area contributed by atoms with Crippen LogP contribution in [0.25, 0.3) is 0 Å². The van der Waals surface area contributed by atoms with Crippen LogP contribution in [-0.2, 0) is 6.54 Å². The normalized spacial score (nSPS) is 10.9. The smallest absolute Gasteiger partial charge is 0.123 e. The van der Waals surface area contributed by atoms with Gasteiger partial charge >= 0.3 is 0 Å². The van der Waals surface area contributed by atoms with Crippen LogP contribution in [0.1, 0.15) is 36.8 Å². The van der Waals surface area contributed by atoms with E-state index in [9.17, 15) is 0 Å². The lowest BCUT2D eigenvalue weighted by Crippen LogP contribution is -2.06. The van der Waals surface area contributed by atoms with E-state index in [1.54, 1.807) is 7.11 Å². The van der Waals surface area contributed by atoms with Gasteiger partial charge in [-0.3, -0.25) is 4.68 Å². The number of hydrogen-bond donors (Lipinski definition) is 1. The largest absolute Gasteiger partial charge is 0.496 e. The Morgan fingerprint density at radius 3 is 2.55 bits per heavy atom. The van der Waals surface area contributed by atoms with Crippen LogP contribution in [0.15, 0.2) is 24.3 Å². The molecule has 0 saturated carbocycles. The van der Waals surface area contributed by atoms with E-state index in [1.807, 2.05) is 25.1 Å². The van der Waals surface area contributed by atoms with Crippen LogP contribution in [0, 0.1) is 13.8 Å². The van der Waals surface area contributed by atoms with Crippen molar-refractivity contribution in [1.82, 2.24) is 9.78 Å². The molecule has 4 heteroatoms. The first-order valence-corrected chi connectivity index (χ1v) is 6.96. The van der Waals surface area contributed by atoms with Crippen LogP contribution in [0.2, 0.25) is 0 Å². The maximum atomic E-state index is 5.38. The highest BCUT2D eigenvalue weighted by Gasteiger charge is 2.13. The lowest BCUT2D eigenvalue weighted by molar-refractivity contribution is 0.410. The van der Waals surface area contributed by atoms with Gasteiger partial charge in [0.1, 0.15) is 5.75 Å². The molecule has 20 heavy (non-hydrogen) atoms. The van der Waals surface area contributed by atoms with Gasteiger partial charge in [-0.25, -0.2) is 0 Å². The van der Waals surface area contributed by atoms with Gasteiger partial charge in [-0.05, 0) is 33.8 Å². The van der Waals surface area contributed by atoms with Crippen LogP contribution >= 0.6 is 0 Å². The summed E-state index contributed by atoms with van der Waals surface area (Å²) in [6.07, 6.45) is 0. The summed E-state index contributed by atoms with van der Waals surface area (Å²) in [6, 6.07) is 8.43. The minimum Gasteiger partial charge on any atom is -0.496 e. The highest BCUT2D eigenvalue weighted by atomic mass is 16.5. The molecule has 1 aromatic heterocycles. The van der Waals surface area contributed by atoms with Gasteiger partial charge in [0.2, 0.25) is 0 Å². The summed E-state index contributed by atoms with van der Waals surface area (Å²) in [6.45, 7) is 9.16. The Bertz CT molecular complexity index is 587. The van der Waals surface area contributed by atoms with Gasteiger partial charge in [0.15, 0.2) is 0 Å². The van der Waals surface area contributed by atoms with E-state index >= 15 is 0 Å². The Balaban J connectivity index is 2.19. The zero-order valence-corrected chi connectivity index (χ0v) is 12.9. The molecule has 1 heterocycles. The molecule has 0 aliphatic rings. The van der Waals surface area contributed by atoms with Crippen molar-refractivity contribution in [3.63, 3.8) is 0 Å². The van der Waals surface area contributed by atoms with E-state index < -0.39 is 0 Å². The molecule has 0 unspecified atom stereocenters. The summed E-state index contributed by atoms with van der Waals surface area (Å²) < 4.78 is 7.43. The standard InChI is InChI=1S/C16H23N3O/c1-11(2)19-13(4)16(12(3)18-19)17-10-14-8-6-7-9-15(14)20-5/h6-9,11,17H,10H2,1-5H3. The van der Waals surface area contributed by atoms with Gasteiger partial charge in [-0.1, -0.05) is 18.2 Å². The highest BCUT2D eigenvalue weighted by Crippen LogP contribution is 2.24. The van der Waals surface area contributed by atoms with E-state index in [4.69, 9.17) is 4.74 Å². The first-order chi connectivity index (χ1) is 9.54. The third kappa shape index (κ3) is 2.79. The number of para-hydroxylation sites is 1. The second-order valence-corrected chi connectivity index (χ2v) is 5.25. The SMILES string of the molecule is COc1ccccc1CNc1c(C)nn(C(C)C)c1C. The number of ether oxygens (including phenoxy) is 1. The summed E-state index contributed by atoms with van der Waals surface area (Å²) in [7, 11) is 1.70. The van der Waals surface area contributed by atoms with Crippen LogP contribution in [0.3, 0.4) is 0 Å². The molecule has 0 atom stereocenters. The number of benzene rings is 1. The zero-order chi connectivity index (χ0) is 14.7. The van der Waals surface area contributed by atoms with Crippen molar-refractivity contribution in [3.8, 4) is 5.75 Å². The molecule has 0 saturated heterocycles. The first kappa shape index (κ1) is 14.4. The van der Waals surface area contributed by atoms with Crippen LogP contribution in [0.4, 0.5) is 5.69 Å². The number of rotatable bonds is 5. The Hall–Kier alpha value is -1.97. The van der Waals surface area contributed by atoms with E-state index in [-0.39, 0.29) is 0 Å². The van der Waals surface area contributed by atoms with Gasteiger partial charge < -0.3 is 10.1 Å². The Labute approximate surface area is 120 Å². The van der Waals surface area contributed by atoms with Crippen molar-refractivity contribution < 1.29 is 4.74 Å². The molecule has 2 rings (SSSR count). The topological polar surface area (TPSA) is 39.1 Å². The zero-order valence-electron chi connectivity index (χ0n) is 12.9. The molecule has 4 nitrogen and oxygen atoms in total. The molecule has 1 N–H and O–H groups in total. The van der Waals surface area contributed by atoms with Crippen LogP contribution in [0.5, 0.6) is 5.75 Å². The monoisotopic (exact) mass is 273 g/mol. The maximum Gasteiger partial charge on any atom is 0.123 e. The van der Waals surface area contributed by atoms with Gasteiger partial charge in [-0.2, -0.15) is 5.10 Å². The van der Waals surface area contributed by atoms with Crippen molar-refractivity contribution in [2.24, 2.45) is 0 Å². The number of nitrogens with one attached hydrogen (secondary N) is 1. The Morgan fingerprint density at radius 2 is 1.95 bits per heavy atom. The highest BCUT2D eigenvalue weighted by molar-refractivity contribution is 5.53. The third-order valence-corrected chi connectivity index (χ3v) is 3.46. The number of aromatic nitrogens is 2. The average Bonchev–Trinajstić information content (AvgIpc) is 2.72. The molecule has 0 bridgehead atoms. The van der Waals surface area contributed by atoms with Gasteiger partial charge in [0.05, 0.1) is 24.2 Å². The number of anilines is 1. The van der Waals surface area contributed by atoms with Crippen LogP contribution in [-0.4, -0.2) is 16.9 Å². The van der Waals surface area contributed by atoms with Gasteiger partial charge in [0, 0.05) is 18.2 Å². The number of hydrogen-bond acceptors (Lipinski definition) is 3. The molecule has 0 spiro atoms. The minimum absolute atomic E-state index is 0.371. The number of methoxy groups -OCH3 is 1. The second-order valence-electron chi connectivity index (χ2n) is 5.25. The lowest BCUT2D eigenvalue weighted by Gasteiger charge is -2.12. The molecule has 1 aromatic carbocycles. The molecule has 0 amide bonds. The fraction of sp³-hybridized carbons (Fsp3) is 0.438. The van der Waals surface area contributed by atoms with Crippen molar-refractivity contribution >= 4 is 5.69 Å². The lowest BCUT2D eigenvalue weighted by atomic mass is 10.2. The Morgan fingerprint density at radius 1 is 1.25 bits per heavy atom. The van der Waals surface area contributed by atoms with Crippen molar-refractivity contribution in [1.29, 1.82) is 0 Å². The molecule has 0 aliphatic heterocycles. The first-order valence-electron chi connectivity index (χ1n) is 6.96. The average molecular weight is 273 g/mol. The Kier molecular flexibility index (Phi) is 4.32. The summed E-state index contributed by atoms with van der Waals surface area (Å²) in [5.74, 6) is 0.909. The van der Waals surface area contributed by atoms with E-state index in [0.29, 0.717) is 6.04 Å². The summed E-state index contributed by atoms with van der Waals surface area (Å²) in [5, 5.41) is 8.07. The minimum atomic E-state index is 0.371. The van der Waals surface area contributed by atoms with Crippen molar-refractivity contribution in [3.05, 3.63) is 41.2 Å².